The molecule has 0 amide bonds. The van der Waals surface area contributed by atoms with Crippen molar-refractivity contribution in [1.29, 1.82) is 0 Å². The standard InChI is InChI=1S/C27H48O3S/c1-5-6-7-8-9-10-11-12-13-14-15-16-17-19-26-20-18-21-27(22-26)30-23-24(2)25(3)31(4,28)29/h18,20-22,24-25H,5-17,19,23H2,1-4H3. The van der Waals surface area contributed by atoms with Crippen molar-refractivity contribution in [3.05, 3.63) is 29.8 Å². The summed E-state index contributed by atoms with van der Waals surface area (Å²) in [5.74, 6) is 0.819. The molecule has 31 heavy (non-hydrogen) atoms. The summed E-state index contributed by atoms with van der Waals surface area (Å²) in [6.07, 6.45) is 20.3. The third-order valence-electron chi connectivity index (χ3n) is 6.46. The third-order valence-corrected chi connectivity index (χ3v) is 8.27. The van der Waals surface area contributed by atoms with Crippen molar-refractivity contribution in [3.8, 4) is 5.75 Å². The highest BCUT2D eigenvalue weighted by Gasteiger charge is 2.22. The van der Waals surface area contributed by atoms with Crippen LogP contribution in [0.25, 0.3) is 0 Å². The van der Waals surface area contributed by atoms with Gasteiger partial charge in [-0.25, -0.2) is 8.42 Å². The van der Waals surface area contributed by atoms with Crippen molar-refractivity contribution in [3.63, 3.8) is 0 Å². The second kappa shape index (κ2) is 16.6. The van der Waals surface area contributed by atoms with Gasteiger partial charge in [0.1, 0.15) is 15.6 Å². The van der Waals surface area contributed by atoms with Gasteiger partial charge in [0.05, 0.1) is 11.9 Å². The van der Waals surface area contributed by atoms with Gasteiger partial charge in [-0.05, 0) is 37.5 Å². The Morgan fingerprint density at radius 2 is 1.32 bits per heavy atom. The van der Waals surface area contributed by atoms with Gasteiger partial charge in [0, 0.05) is 12.2 Å². The highest BCUT2D eigenvalue weighted by Crippen LogP contribution is 2.19. The lowest BCUT2D eigenvalue weighted by Gasteiger charge is -2.19. The number of ether oxygens (including phenoxy) is 1. The van der Waals surface area contributed by atoms with E-state index in [4.69, 9.17) is 4.74 Å². The van der Waals surface area contributed by atoms with Gasteiger partial charge in [0.15, 0.2) is 0 Å². The molecule has 2 atom stereocenters. The number of hydrogen-bond donors (Lipinski definition) is 0. The van der Waals surface area contributed by atoms with E-state index in [1.54, 1.807) is 6.92 Å². The number of hydrogen-bond acceptors (Lipinski definition) is 3. The Morgan fingerprint density at radius 1 is 0.806 bits per heavy atom. The Balaban J connectivity index is 2.10. The molecule has 0 heterocycles. The third kappa shape index (κ3) is 13.9. The van der Waals surface area contributed by atoms with Crippen LogP contribution >= 0.6 is 0 Å². The maximum atomic E-state index is 11.7. The summed E-state index contributed by atoms with van der Waals surface area (Å²) in [6.45, 7) is 6.40. The lowest BCUT2D eigenvalue weighted by atomic mass is 10.0. The van der Waals surface area contributed by atoms with Crippen LogP contribution in [0.4, 0.5) is 0 Å². The minimum atomic E-state index is -3.03. The first-order chi connectivity index (χ1) is 14.8. The van der Waals surface area contributed by atoms with E-state index >= 15 is 0 Å². The smallest absolute Gasteiger partial charge is 0.150 e. The Kier molecular flexibility index (Phi) is 15.0. The number of rotatable bonds is 19. The number of sulfone groups is 1. The summed E-state index contributed by atoms with van der Waals surface area (Å²) in [4.78, 5) is 0. The molecule has 0 aliphatic rings. The first-order valence-electron chi connectivity index (χ1n) is 12.7. The summed E-state index contributed by atoms with van der Waals surface area (Å²) >= 11 is 0. The lowest BCUT2D eigenvalue weighted by molar-refractivity contribution is 0.257. The summed E-state index contributed by atoms with van der Waals surface area (Å²) < 4.78 is 29.3. The van der Waals surface area contributed by atoms with Crippen LogP contribution in [-0.2, 0) is 16.3 Å². The van der Waals surface area contributed by atoms with Gasteiger partial charge in [-0.15, -0.1) is 0 Å². The van der Waals surface area contributed by atoms with Crippen LogP contribution in [0.3, 0.4) is 0 Å². The van der Waals surface area contributed by atoms with Crippen molar-refractivity contribution in [1.82, 2.24) is 0 Å². The molecule has 4 heteroatoms. The van der Waals surface area contributed by atoms with Crippen LogP contribution < -0.4 is 4.74 Å². The predicted octanol–water partition coefficient (Wildman–Crippen LogP) is 7.77. The molecule has 0 fully saturated rings. The summed E-state index contributed by atoms with van der Waals surface area (Å²) in [5, 5.41) is -0.388. The Bertz CT molecular complexity index is 669. The van der Waals surface area contributed by atoms with Gasteiger partial charge in [-0.3, -0.25) is 0 Å². The Hall–Kier alpha value is -1.03. The highest BCUT2D eigenvalue weighted by molar-refractivity contribution is 7.91. The first kappa shape index (κ1) is 28.0. The highest BCUT2D eigenvalue weighted by atomic mass is 32.2. The van der Waals surface area contributed by atoms with Crippen molar-refractivity contribution < 1.29 is 13.2 Å². The zero-order chi connectivity index (χ0) is 23.0. The molecular weight excluding hydrogens is 404 g/mol. The average molecular weight is 453 g/mol. The van der Waals surface area contributed by atoms with Gasteiger partial charge < -0.3 is 4.74 Å². The van der Waals surface area contributed by atoms with E-state index in [-0.39, 0.29) is 11.2 Å². The van der Waals surface area contributed by atoms with E-state index in [0.717, 1.165) is 12.2 Å². The second-order valence-corrected chi connectivity index (χ2v) is 11.9. The SMILES string of the molecule is CCCCCCCCCCCCCCCc1cccc(OCC(C)C(C)S(C)(=O)=O)c1. The zero-order valence-electron chi connectivity index (χ0n) is 20.7. The normalized spacial score (nSPS) is 13.8. The fourth-order valence-corrected chi connectivity index (χ4v) is 4.85. The summed E-state index contributed by atoms with van der Waals surface area (Å²) in [5.41, 5.74) is 1.31. The molecule has 0 radical (unpaired) electrons. The number of unbranched alkanes of at least 4 members (excludes halogenated alkanes) is 12. The maximum Gasteiger partial charge on any atom is 0.150 e. The molecule has 0 aromatic heterocycles. The van der Waals surface area contributed by atoms with Gasteiger partial charge in [-0.1, -0.05) is 103 Å². The predicted molar refractivity (Wildman–Crippen MR) is 135 cm³/mol. The molecule has 0 saturated heterocycles. The maximum absolute atomic E-state index is 11.7. The van der Waals surface area contributed by atoms with E-state index in [9.17, 15) is 8.42 Å². The second-order valence-electron chi connectivity index (χ2n) is 9.46. The van der Waals surface area contributed by atoms with E-state index in [1.165, 1.54) is 95.3 Å². The van der Waals surface area contributed by atoms with E-state index in [2.05, 4.69) is 19.1 Å². The number of aryl methyl sites for hydroxylation is 1. The number of benzene rings is 1. The quantitative estimate of drug-likeness (QED) is 0.201. The van der Waals surface area contributed by atoms with Gasteiger partial charge in [0.2, 0.25) is 0 Å². The minimum absolute atomic E-state index is 0.0280. The molecule has 0 aliphatic heterocycles. The minimum Gasteiger partial charge on any atom is -0.493 e. The van der Waals surface area contributed by atoms with Crippen molar-refractivity contribution in [2.45, 2.75) is 116 Å². The van der Waals surface area contributed by atoms with Crippen LogP contribution in [0.15, 0.2) is 24.3 Å². The molecule has 0 aliphatic carbocycles. The molecule has 0 spiro atoms. The van der Waals surface area contributed by atoms with Crippen molar-refractivity contribution in [2.75, 3.05) is 12.9 Å². The lowest BCUT2D eigenvalue weighted by Crippen LogP contribution is -2.28. The zero-order valence-corrected chi connectivity index (χ0v) is 21.5. The summed E-state index contributed by atoms with van der Waals surface area (Å²) in [7, 11) is -3.03. The van der Waals surface area contributed by atoms with E-state index in [0.29, 0.717) is 6.61 Å². The fraction of sp³-hybridized carbons (Fsp3) is 0.778. The largest absolute Gasteiger partial charge is 0.493 e. The van der Waals surface area contributed by atoms with Crippen molar-refractivity contribution >= 4 is 9.84 Å². The molecule has 0 bridgehead atoms. The van der Waals surface area contributed by atoms with Crippen LogP contribution in [0.5, 0.6) is 5.75 Å². The van der Waals surface area contributed by atoms with Gasteiger partial charge in [0.25, 0.3) is 0 Å². The molecular formula is C27H48O3S. The first-order valence-corrected chi connectivity index (χ1v) is 14.7. The van der Waals surface area contributed by atoms with Crippen molar-refractivity contribution in [2.24, 2.45) is 5.92 Å². The molecule has 0 saturated carbocycles. The fourth-order valence-electron chi connectivity index (χ4n) is 3.92. The molecule has 1 aromatic carbocycles. The van der Waals surface area contributed by atoms with Crippen LogP contribution in [0.1, 0.15) is 110 Å². The molecule has 0 N–H and O–H groups in total. The van der Waals surface area contributed by atoms with Gasteiger partial charge in [-0.2, -0.15) is 0 Å². The molecule has 2 unspecified atom stereocenters. The molecule has 3 nitrogen and oxygen atoms in total. The Labute approximate surface area is 193 Å². The van der Waals surface area contributed by atoms with Crippen LogP contribution in [-0.4, -0.2) is 26.5 Å². The average Bonchev–Trinajstić information content (AvgIpc) is 2.74. The van der Waals surface area contributed by atoms with Gasteiger partial charge >= 0.3 is 0 Å². The Morgan fingerprint density at radius 3 is 1.84 bits per heavy atom. The molecule has 1 aromatic rings. The van der Waals surface area contributed by atoms with E-state index in [1.807, 2.05) is 19.1 Å². The topological polar surface area (TPSA) is 43.4 Å². The monoisotopic (exact) mass is 452 g/mol. The van der Waals surface area contributed by atoms with Crippen LogP contribution in [0.2, 0.25) is 0 Å². The summed E-state index contributed by atoms with van der Waals surface area (Å²) in [6, 6.07) is 8.27. The molecule has 1 rings (SSSR count). The van der Waals surface area contributed by atoms with Crippen LogP contribution in [0, 0.1) is 5.92 Å². The van der Waals surface area contributed by atoms with E-state index < -0.39 is 9.84 Å². The molecule has 180 valence electrons.